The van der Waals surface area contributed by atoms with Crippen LogP contribution in [-0.4, -0.2) is 12.8 Å². The van der Waals surface area contributed by atoms with Crippen molar-refractivity contribution in [1.82, 2.24) is 4.37 Å². The Hall–Kier alpha value is -1.38. The third-order valence-corrected chi connectivity index (χ3v) is 2.99. The number of nitrogens with two attached hydrogens (primary N) is 2. The third kappa shape index (κ3) is 2.17. The van der Waals surface area contributed by atoms with E-state index >= 15 is 0 Å². The molecule has 0 fully saturated rings. The van der Waals surface area contributed by atoms with Crippen molar-refractivity contribution in [3.05, 3.63) is 18.2 Å². The van der Waals surface area contributed by atoms with Gasteiger partial charge >= 0.3 is 0 Å². The van der Waals surface area contributed by atoms with Crippen molar-refractivity contribution < 1.29 is 8.42 Å². The van der Waals surface area contributed by atoms with Crippen LogP contribution in [0.3, 0.4) is 0 Å². The van der Waals surface area contributed by atoms with Crippen LogP contribution in [0.4, 0.5) is 10.7 Å². The van der Waals surface area contributed by atoms with Crippen molar-refractivity contribution in [2.24, 2.45) is 5.14 Å². The maximum atomic E-state index is 10.8. The molecule has 0 atom stereocenters. The summed E-state index contributed by atoms with van der Waals surface area (Å²) in [5, 5.41) is 6.10. The number of nitrogen functional groups attached to an aromatic ring is 1. The molecule has 0 aliphatic carbocycles. The maximum Gasteiger partial charge on any atom is 0.296 e. The fourth-order valence-electron chi connectivity index (χ4n) is 1.19. The lowest BCUT2D eigenvalue weighted by Crippen LogP contribution is -2.21. The summed E-state index contributed by atoms with van der Waals surface area (Å²) in [6.45, 7) is 0. The summed E-state index contributed by atoms with van der Waals surface area (Å²) in [5.41, 5.74) is 6.76. The molecule has 0 radical (unpaired) electrons. The Morgan fingerprint density at radius 2 is 2.13 bits per heavy atom. The Bertz CT molecular complexity index is 604. The molecule has 8 heteroatoms. The van der Waals surface area contributed by atoms with Gasteiger partial charge in [-0.05, 0) is 29.7 Å². The highest BCUT2D eigenvalue weighted by Crippen LogP contribution is 2.27. The van der Waals surface area contributed by atoms with Crippen LogP contribution in [0.15, 0.2) is 18.2 Å². The van der Waals surface area contributed by atoms with Crippen LogP contribution in [-0.2, 0) is 10.2 Å². The van der Waals surface area contributed by atoms with E-state index < -0.39 is 10.2 Å². The first-order chi connectivity index (χ1) is 6.96. The number of anilines is 2. The highest BCUT2D eigenvalue weighted by Gasteiger charge is 2.06. The summed E-state index contributed by atoms with van der Waals surface area (Å²) in [6, 6.07) is 4.85. The molecule has 80 valence electrons. The smallest absolute Gasteiger partial charge is 0.296 e. The average Bonchev–Trinajstić information content (AvgIpc) is 2.45. The van der Waals surface area contributed by atoms with Crippen molar-refractivity contribution in [3.8, 4) is 0 Å². The zero-order valence-electron chi connectivity index (χ0n) is 7.47. The topological polar surface area (TPSA) is 111 Å². The van der Waals surface area contributed by atoms with Gasteiger partial charge in [-0.1, -0.05) is 0 Å². The van der Waals surface area contributed by atoms with E-state index in [1.807, 2.05) is 0 Å². The van der Waals surface area contributed by atoms with Crippen LogP contribution in [0.1, 0.15) is 0 Å². The van der Waals surface area contributed by atoms with E-state index in [0.29, 0.717) is 16.1 Å². The molecule has 0 saturated carbocycles. The lowest BCUT2D eigenvalue weighted by Gasteiger charge is -2.02. The highest BCUT2D eigenvalue weighted by molar-refractivity contribution is 7.90. The minimum atomic E-state index is -3.75. The second kappa shape index (κ2) is 3.33. The number of aromatic nitrogens is 1. The van der Waals surface area contributed by atoms with E-state index in [1.165, 1.54) is 0 Å². The van der Waals surface area contributed by atoms with Gasteiger partial charge in [0.1, 0.15) is 5.00 Å². The number of nitrogens with one attached hydrogen (secondary N) is 1. The van der Waals surface area contributed by atoms with E-state index in [4.69, 9.17) is 10.9 Å². The van der Waals surface area contributed by atoms with Gasteiger partial charge in [0.25, 0.3) is 10.2 Å². The molecule has 0 aliphatic heterocycles. The first-order valence-corrected chi connectivity index (χ1v) is 6.23. The van der Waals surface area contributed by atoms with Crippen LogP contribution >= 0.6 is 11.5 Å². The van der Waals surface area contributed by atoms with E-state index in [2.05, 4.69) is 9.10 Å². The van der Waals surface area contributed by atoms with Gasteiger partial charge in [-0.15, -0.1) is 0 Å². The third-order valence-electron chi connectivity index (χ3n) is 1.76. The molecule has 0 unspecified atom stereocenters. The SMILES string of the molecule is Nc1snc2ccc(NS(N)(=O)=O)cc12. The molecule has 5 N–H and O–H groups in total. The molecule has 1 aromatic carbocycles. The predicted molar refractivity (Wildman–Crippen MR) is 60.8 cm³/mol. The van der Waals surface area contributed by atoms with Crippen molar-refractivity contribution >= 4 is 43.3 Å². The number of benzene rings is 1. The molecule has 1 aromatic heterocycles. The van der Waals surface area contributed by atoms with Crippen LogP contribution in [0.25, 0.3) is 10.9 Å². The predicted octanol–water partition coefficient (Wildman–Crippen LogP) is 0.494. The van der Waals surface area contributed by atoms with Crippen molar-refractivity contribution in [1.29, 1.82) is 0 Å². The molecular formula is C7H8N4O2S2. The fraction of sp³-hybridized carbons (Fsp3) is 0. The number of fused-ring (bicyclic) bond motifs is 1. The highest BCUT2D eigenvalue weighted by atomic mass is 32.2. The monoisotopic (exact) mass is 244 g/mol. The van der Waals surface area contributed by atoms with E-state index in [-0.39, 0.29) is 0 Å². The molecular weight excluding hydrogens is 236 g/mol. The fourth-order valence-corrected chi connectivity index (χ4v) is 2.26. The quantitative estimate of drug-likeness (QED) is 0.714. The Kier molecular flexibility index (Phi) is 2.25. The Balaban J connectivity index is 2.51. The Morgan fingerprint density at radius 1 is 1.40 bits per heavy atom. The van der Waals surface area contributed by atoms with Crippen molar-refractivity contribution in [3.63, 3.8) is 0 Å². The zero-order valence-corrected chi connectivity index (χ0v) is 9.10. The number of rotatable bonds is 2. The van der Waals surface area contributed by atoms with E-state index in [1.54, 1.807) is 18.2 Å². The summed E-state index contributed by atoms with van der Waals surface area (Å²) < 4.78 is 27.8. The summed E-state index contributed by atoms with van der Waals surface area (Å²) in [6.07, 6.45) is 0. The van der Waals surface area contributed by atoms with Crippen molar-refractivity contribution in [2.45, 2.75) is 0 Å². The summed E-state index contributed by atoms with van der Waals surface area (Å²) in [4.78, 5) is 0. The molecule has 2 rings (SSSR count). The standard InChI is InChI=1S/C7H8N4O2S2/c8-7-5-3-4(11-15(9,12)13)1-2-6(5)10-14-7/h1-3,11H,8H2,(H2,9,12,13). The zero-order chi connectivity index (χ0) is 11.1. The van der Waals surface area contributed by atoms with Gasteiger partial charge < -0.3 is 5.73 Å². The van der Waals surface area contributed by atoms with E-state index in [0.717, 1.165) is 17.0 Å². The molecule has 6 nitrogen and oxygen atoms in total. The van der Waals surface area contributed by atoms with Gasteiger partial charge in [0.15, 0.2) is 0 Å². The van der Waals surface area contributed by atoms with Gasteiger partial charge in [-0.3, -0.25) is 4.72 Å². The lowest BCUT2D eigenvalue weighted by atomic mass is 10.2. The summed E-state index contributed by atoms with van der Waals surface area (Å²) in [7, 11) is -3.75. The maximum absolute atomic E-state index is 10.8. The molecule has 0 amide bonds. The van der Waals surface area contributed by atoms with Crippen LogP contribution < -0.4 is 15.6 Å². The Labute approximate surface area is 90.2 Å². The van der Waals surface area contributed by atoms with Gasteiger partial charge in [0.2, 0.25) is 0 Å². The summed E-state index contributed by atoms with van der Waals surface area (Å²) in [5.74, 6) is 0. The average molecular weight is 244 g/mol. The van der Waals surface area contributed by atoms with Gasteiger partial charge in [-0.2, -0.15) is 12.8 Å². The van der Waals surface area contributed by atoms with E-state index in [9.17, 15) is 8.42 Å². The normalized spacial score (nSPS) is 11.8. The second-order valence-electron chi connectivity index (χ2n) is 2.93. The number of nitrogens with zero attached hydrogens (tertiary/aromatic N) is 1. The number of hydrogen-bond acceptors (Lipinski definition) is 5. The first kappa shape index (κ1) is 10.1. The van der Waals surface area contributed by atoms with Gasteiger partial charge in [0.05, 0.1) is 11.2 Å². The second-order valence-corrected chi connectivity index (χ2v) is 5.02. The van der Waals surface area contributed by atoms with Gasteiger partial charge in [-0.25, -0.2) is 5.14 Å². The lowest BCUT2D eigenvalue weighted by molar-refractivity contribution is 0.603. The molecule has 0 aliphatic rings. The molecule has 2 aromatic rings. The van der Waals surface area contributed by atoms with Gasteiger partial charge in [0, 0.05) is 5.39 Å². The summed E-state index contributed by atoms with van der Waals surface area (Å²) >= 11 is 1.16. The first-order valence-electron chi connectivity index (χ1n) is 3.91. The van der Waals surface area contributed by atoms with Crippen LogP contribution in [0.5, 0.6) is 0 Å². The minimum Gasteiger partial charge on any atom is -0.389 e. The molecule has 0 bridgehead atoms. The van der Waals surface area contributed by atoms with Crippen molar-refractivity contribution in [2.75, 3.05) is 10.5 Å². The molecule has 1 heterocycles. The van der Waals surface area contributed by atoms with Crippen LogP contribution in [0.2, 0.25) is 0 Å². The molecule has 0 spiro atoms. The van der Waals surface area contributed by atoms with Crippen LogP contribution in [0, 0.1) is 0 Å². The largest absolute Gasteiger partial charge is 0.389 e. The Morgan fingerprint density at radius 3 is 2.80 bits per heavy atom. The number of hydrogen-bond donors (Lipinski definition) is 3. The molecule has 0 saturated heterocycles. The minimum absolute atomic E-state index is 0.372. The molecule has 15 heavy (non-hydrogen) atoms.